The summed E-state index contributed by atoms with van der Waals surface area (Å²) in [6, 6.07) is 7.15. The highest BCUT2D eigenvalue weighted by Gasteiger charge is 2.24. The maximum absolute atomic E-state index is 12.8. The number of thiophene rings is 1. The van der Waals surface area contributed by atoms with Gasteiger partial charge in [-0.2, -0.15) is 0 Å². The van der Waals surface area contributed by atoms with Crippen molar-refractivity contribution < 1.29 is 14.3 Å². The summed E-state index contributed by atoms with van der Waals surface area (Å²) in [7, 11) is 0. The van der Waals surface area contributed by atoms with Crippen molar-refractivity contribution in [1.82, 2.24) is 9.38 Å². The number of nitrogens with zero attached hydrogens (tertiary/aromatic N) is 2. The first-order chi connectivity index (χ1) is 14.0. The van der Waals surface area contributed by atoms with Crippen LogP contribution in [0.25, 0.3) is 16.1 Å². The fraction of sp³-hybridized carbons (Fsp3) is 0.150. The van der Waals surface area contributed by atoms with Gasteiger partial charge in [-0.05, 0) is 31.5 Å². The van der Waals surface area contributed by atoms with Crippen LogP contribution < -0.4 is 5.32 Å². The molecule has 0 saturated heterocycles. The van der Waals surface area contributed by atoms with Gasteiger partial charge in [0.15, 0.2) is 4.96 Å². The summed E-state index contributed by atoms with van der Waals surface area (Å²) in [4.78, 5) is 30.5. The number of ether oxygens (including phenoxy) is 1. The molecule has 29 heavy (non-hydrogen) atoms. The van der Waals surface area contributed by atoms with Crippen molar-refractivity contribution in [2.24, 2.45) is 0 Å². The van der Waals surface area contributed by atoms with Crippen LogP contribution in [-0.4, -0.2) is 27.9 Å². The number of halogens is 1. The van der Waals surface area contributed by atoms with E-state index in [9.17, 15) is 9.59 Å². The summed E-state index contributed by atoms with van der Waals surface area (Å²) in [6.45, 7) is 3.92. The first kappa shape index (κ1) is 19.6. The van der Waals surface area contributed by atoms with Gasteiger partial charge in [0, 0.05) is 33.2 Å². The van der Waals surface area contributed by atoms with Crippen LogP contribution in [0.15, 0.2) is 41.2 Å². The molecule has 0 saturated carbocycles. The molecule has 1 aromatic carbocycles. The number of fused-ring (bicyclic) bond motifs is 1. The van der Waals surface area contributed by atoms with Crippen LogP contribution in [0.3, 0.4) is 0 Å². The van der Waals surface area contributed by atoms with Gasteiger partial charge in [-0.3, -0.25) is 9.20 Å². The number of thiazole rings is 1. The molecule has 0 aliphatic carbocycles. The van der Waals surface area contributed by atoms with Gasteiger partial charge in [-0.1, -0.05) is 23.7 Å². The number of aryl methyl sites for hydroxylation is 1. The van der Waals surface area contributed by atoms with Crippen LogP contribution in [0.2, 0.25) is 5.02 Å². The number of nitrogens with one attached hydrogen (secondary N) is 1. The Labute approximate surface area is 179 Å². The van der Waals surface area contributed by atoms with Gasteiger partial charge in [0.2, 0.25) is 0 Å². The molecule has 3 aromatic heterocycles. The number of aromatic nitrogens is 2. The molecule has 4 rings (SSSR count). The Morgan fingerprint density at radius 1 is 1.21 bits per heavy atom. The summed E-state index contributed by atoms with van der Waals surface area (Å²) in [5.74, 6) is -0.869. The van der Waals surface area contributed by atoms with Gasteiger partial charge in [-0.25, -0.2) is 9.78 Å². The molecular weight excluding hydrogens is 430 g/mol. The second kappa shape index (κ2) is 7.98. The van der Waals surface area contributed by atoms with E-state index in [-0.39, 0.29) is 18.2 Å². The molecule has 1 N–H and O–H groups in total. The molecule has 0 radical (unpaired) electrons. The second-order valence-electron chi connectivity index (χ2n) is 6.19. The van der Waals surface area contributed by atoms with E-state index < -0.39 is 5.97 Å². The van der Waals surface area contributed by atoms with Crippen LogP contribution >= 0.6 is 34.3 Å². The molecule has 0 bridgehead atoms. The minimum absolute atomic E-state index is 0.235. The van der Waals surface area contributed by atoms with Crippen molar-refractivity contribution >= 4 is 56.1 Å². The Morgan fingerprint density at radius 3 is 2.66 bits per heavy atom. The summed E-state index contributed by atoms with van der Waals surface area (Å²) < 4.78 is 7.08. The largest absolute Gasteiger partial charge is 0.462 e. The standard InChI is InChI=1S/C20H16ClN3O3S2/c1-3-27-19(26)16-14(12-4-6-13(21)7-5-12)10-28-18(16)23-17(25)15-8-24-11(2)9-29-20(24)22-15/h4-10H,3H2,1-2H3,(H,23,25). The van der Waals surface area contributed by atoms with E-state index in [0.29, 0.717) is 21.2 Å². The number of imidazole rings is 1. The van der Waals surface area contributed by atoms with Crippen molar-refractivity contribution in [2.45, 2.75) is 13.8 Å². The number of rotatable bonds is 5. The number of amides is 1. The molecule has 6 nitrogen and oxygen atoms in total. The van der Waals surface area contributed by atoms with Crippen LogP contribution in [0.1, 0.15) is 33.5 Å². The monoisotopic (exact) mass is 445 g/mol. The smallest absolute Gasteiger partial charge is 0.341 e. The Kier molecular flexibility index (Phi) is 5.40. The molecule has 9 heteroatoms. The number of benzene rings is 1. The van der Waals surface area contributed by atoms with Crippen LogP contribution in [-0.2, 0) is 4.74 Å². The normalized spacial score (nSPS) is 11.0. The third-order valence-electron chi connectivity index (χ3n) is 4.27. The van der Waals surface area contributed by atoms with E-state index in [1.54, 1.807) is 25.3 Å². The van der Waals surface area contributed by atoms with Crippen molar-refractivity contribution in [2.75, 3.05) is 11.9 Å². The number of carbonyl (C=O) groups is 2. The zero-order chi connectivity index (χ0) is 20.5. The van der Waals surface area contributed by atoms with Gasteiger partial charge in [0.1, 0.15) is 16.3 Å². The molecule has 0 aliphatic heterocycles. The van der Waals surface area contributed by atoms with Crippen LogP contribution in [0, 0.1) is 6.92 Å². The van der Waals surface area contributed by atoms with Crippen molar-refractivity contribution in [1.29, 1.82) is 0 Å². The summed E-state index contributed by atoms with van der Waals surface area (Å²) in [5.41, 5.74) is 3.11. The minimum Gasteiger partial charge on any atom is -0.462 e. The Bertz CT molecular complexity index is 1210. The molecule has 0 atom stereocenters. The molecule has 3 heterocycles. The van der Waals surface area contributed by atoms with E-state index in [1.807, 2.05) is 34.2 Å². The van der Waals surface area contributed by atoms with Crippen molar-refractivity contribution in [3.05, 3.63) is 63.2 Å². The predicted octanol–water partition coefficient (Wildman–Crippen LogP) is 5.52. The first-order valence-corrected chi connectivity index (χ1v) is 10.9. The molecule has 0 fully saturated rings. The SMILES string of the molecule is CCOC(=O)c1c(-c2ccc(Cl)cc2)csc1NC(=O)c1cn2c(C)csc2n1. The molecule has 0 aliphatic rings. The fourth-order valence-corrected chi connectivity index (χ4v) is 4.80. The molecular formula is C20H16ClN3O3S2. The van der Waals surface area contributed by atoms with Crippen molar-refractivity contribution in [3.63, 3.8) is 0 Å². The Morgan fingerprint density at radius 2 is 1.97 bits per heavy atom. The summed E-state index contributed by atoms with van der Waals surface area (Å²) in [6.07, 6.45) is 1.69. The highest BCUT2D eigenvalue weighted by atomic mass is 35.5. The molecule has 4 aromatic rings. The number of anilines is 1. The zero-order valence-electron chi connectivity index (χ0n) is 15.6. The summed E-state index contributed by atoms with van der Waals surface area (Å²) >= 11 is 8.71. The molecule has 1 amide bonds. The lowest BCUT2D eigenvalue weighted by Crippen LogP contribution is -2.15. The average molecular weight is 446 g/mol. The van der Waals surface area contributed by atoms with E-state index in [4.69, 9.17) is 16.3 Å². The van der Waals surface area contributed by atoms with E-state index >= 15 is 0 Å². The number of hydrogen-bond acceptors (Lipinski definition) is 6. The molecule has 0 unspecified atom stereocenters. The fourth-order valence-electron chi connectivity index (χ4n) is 2.87. The van der Waals surface area contributed by atoms with E-state index in [2.05, 4.69) is 10.3 Å². The minimum atomic E-state index is -0.490. The topological polar surface area (TPSA) is 72.7 Å². The number of hydrogen-bond donors (Lipinski definition) is 1. The van der Waals surface area contributed by atoms with Gasteiger partial charge in [0.25, 0.3) is 5.91 Å². The maximum Gasteiger partial charge on any atom is 0.341 e. The lowest BCUT2D eigenvalue weighted by Gasteiger charge is -2.08. The zero-order valence-corrected chi connectivity index (χ0v) is 18.0. The van der Waals surface area contributed by atoms with Gasteiger partial charge >= 0.3 is 5.97 Å². The predicted molar refractivity (Wildman–Crippen MR) is 116 cm³/mol. The maximum atomic E-state index is 12.8. The third kappa shape index (κ3) is 3.78. The van der Waals surface area contributed by atoms with Crippen LogP contribution in [0.5, 0.6) is 0 Å². The van der Waals surface area contributed by atoms with Crippen molar-refractivity contribution in [3.8, 4) is 11.1 Å². The highest BCUT2D eigenvalue weighted by Crippen LogP contribution is 2.37. The lowest BCUT2D eigenvalue weighted by atomic mass is 10.0. The number of esters is 1. The van der Waals surface area contributed by atoms with Gasteiger partial charge < -0.3 is 10.1 Å². The highest BCUT2D eigenvalue weighted by molar-refractivity contribution is 7.15. The molecule has 0 spiro atoms. The van der Waals surface area contributed by atoms with Gasteiger partial charge in [0.05, 0.1) is 6.61 Å². The first-order valence-electron chi connectivity index (χ1n) is 8.77. The Balaban J connectivity index is 1.69. The quantitative estimate of drug-likeness (QED) is 0.411. The summed E-state index contributed by atoms with van der Waals surface area (Å²) in [5, 5.41) is 7.64. The average Bonchev–Trinajstić information content (AvgIpc) is 3.39. The van der Waals surface area contributed by atoms with Crippen LogP contribution in [0.4, 0.5) is 5.00 Å². The lowest BCUT2D eigenvalue weighted by molar-refractivity contribution is 0.0529. The number of carbonyl (C=O) groups excluding carboxylic acids is 2. The third-order valence-corrected chi connectivity index (χ3v) is 6.38. The molecule has 148 valence electrons. The Hall–Kier alpha value is -2.68. The van der Waals surface area contributed by atoms with E-state index in [1.165, 1.54) is 22.7 Å². The van der Waals surface area contributed by atoms with E-state index in [0.717, 1.165) is 16.2 Å². The second-order valence-corrected chi connectivity index (χ2v) is 8.34. The van der Waals surface area contributed by atoms with Gasteiger partial charge in [-0.15, -0.1) is 22.7 Å².